The first-order chi connectivity index (χ1) is 9.53. The normalized spacial score (nSPS) is 10.4. The summed E-state index contributed by atoms with van der Waals surface area (Å²) in [6, 6.07) is 0. The topological polar surface area (TPSA) is 176 Å². The second-order valence-corrected chi connectivity index (χ2v) is 2.98. The zero-order chi connectivity index (χ0) is 18.4. The first-order valence-electron chi connectivity index (χ1n) is 6.17. The molecular weight excluding hydrogens is 288 g/mol. The lowest BCUT2D eigenvalue weighted by Gasteiger charge is -1.89. The standard InChI is InChI=1S/2C3H6O3.3C2H6O/c2*1-2(4)3(5)6;3*1-2-3/h2*2,4H,1H3,(H,5,6);3*3H,2H2,1H3. The zero-order valence-electron chi connectivity index (χ0n) is 13.2. The van der Waals surface area contributed by atoms with Crippen molar-refractivity contribution in [2.75, 3.05) is 19.8 Å². The van der Waals surface area contributed by atoms with E-state index in [0.29, 0.717) is 0 Å². The van der Waals surface area contributed by atoms with E-state index in [1.807, 2.05) is 0 Å². The van der Waals surface area contributed by atoms with Crippen LogP contribution in [0.2, 0.25) is 0 Å². The van der Waals surface area contributed by atoms with Gasteiger partial charge in [-0.1, -0.05) is 0 Å². The summed E-state index contributed by atoms with van der Waals surface area (Å²) in [4.78, 5) is 18.9. The molecule has 9 nitrogen and oxygen atoms in total. The minimum atomic E-state index is -1.23. The monoisotopic (exact) mass is 318 g/mol. The van der Waals surface area contributed by atoms with Crippen LogP contribution in [0.15, 0.2) is 0 Å². The van der Waals surface area contributed by atoms with Crippen LogP contribution in [-0.4, -0.2) is 79.7 Å². The largest absolute Gasteiger partial charge is 0.479 e. The summed E-state index contributed by atoms with van der Waals surface area (Å²) in [6.07, 6.45) is -2.46. The Hall–Kier alpha value is -1.26. The van der Waals surface area contributed by atoms with Gasteiger partial charge in [-0.2, -0.15) is 0 Å². The lowest BCUT2D eigenvalue weighted by Crippen LogP contribution is -2.13. The van der Waals surface area contributed by atoms with E-state index in [-0.39, 0.29) is 19.8 Å². The average Bonchev–Trinajstić information content (AvgIpc) is 2.32. The van der Waals surface area contributed by atoms with Gasteiger partial charge in [0.2, 0.25) is 0 Å². The highest BCUT2D eigenvalue weighted by Gasteiger charge is 2.01. The molecule has 0 saturated carbocycles. The minimum Gasteiger partial charge on any atom is -0.479 e. The lowest BCUT2D eigenvalue weighted by atomic mass is 10.4. The van der Waals surface area contributed by atoms with E-state index in [4.69, 9.17) is 35.7 Å². The number of hydrogen-bond donors (Lipinski definition) is 7. The molecule has 0 aliphatic carbocycles. The molecule has 0 heterocycles. The van der Waals surface area contributed by atoms with E-state index in [9.17, 15) is 9.59 Å². The van der Waals surface area contributed by atoms with Gasteiger partial charge in [-0.25, -0.2) is 9.59 Å². The van der Waals surface area contributed by atoms with Gasteiger partial charge in [0.15, 0.2) is 0 Å². The molecule has 0 aliphatic heterocycles. The van der Waals surface area contributed by atoms with Gasteiger partial charge in [-0.3, -0.25) is 0 Å². The third-order valence-electron chi connectivity index (χ3n) is 0.715. The van der Waals surface area contributed by atoms with Crippen LogP contribution >= 0.6 is 0 Å². The number of rotatable bonds is 2. The van der Waals surface area contributed by atoms with Crippen molar-refractivity contribution in [3.63, 3.8) is 0 Å². The molecule has 0 saturated heterocycles. The average molecular weight is 318 g/mol. The molecule has 0 fully saturated rings. The highest BCUT2D eigenvalue weighted by Crippen LogP contribution is 1.73. The van der Waals surface area contributed by atoms with Gasteiger partial charge in [0, 0.05) is 19.8 Å². The van der Waals surface area contributed by atoms with Crippen LogP contribution in [0.4, 0.5) is 0 Å². The van der Waals surface area contributed by atoms with Crippen LogP contribution in [0, 0.1) is 0 Å². The van der Waals surface area contributed by atoms with Gasteiger partial charge in [0.1, 0.15) is 12.2 Å². The first-order valence-corrected chi connectivity index (χ1v) is 6.17. The molecule has 0 spiro atoms. The molecule has 9 heteroatoms. The molecule has 21 heavy (non-hydrogen) atoms. The number of aliphatic hydroxyl groups is 5. The molecule has 0 bridgehead atoms. The van der Waals surface area contributed by atoms with Crippen molar-refractivity contribution >= 4 is 11.9 Å². The van der Waals surface area contributed by atoms with Gasteiger partial charge in [0.05, 0.1) is 0 Å². The molecule has 0 aromatic heterocycles. The fourth-order valence-corrected chi connectivity index (χ4v) is 0. The Morgan fingerprint density at radius 2 is 0.762 bits per heavy atom. The number of carbonyl (C=O) groups is 2. The third-order valence-corrected chi connectivity index (χ3v) is 0.715. The van der Waals surface area contributed by atoms with Crippen LogP contribution in [0.1, 0.15) is 34.6 Å². The highest BCUT2D eigenvalue weighted by molar-refractivity contribution is 5.71. The molecule has 0 rings (SSSR count). The lowest BCUT2D eigenvalue weighted by molar-refractivity contribution is -0.146. The third kappa shape index (κ3) is 116. The van der Waals surface area contributed by atoms with Crippen molar-refractivity contribution in [1.29, 1.82) is 0 Å². The van der Waals surface area contributed by atoms with Crippen molar-refractivity contribution in [2.24, 2.45) is 0 Å². The van der Waals surface area contributed by atoms with Crippen LogP contribution in [-0.2, 0) is 9.59 Å². The Balaban J connectivity index is -0.0000000533. The summed E-state index contributed by atoms with van der Waals surface area (Å²) in [5.41, 5.74) is 0. The van der Waals surface area contributed by atoms with E-state index in [1.165, 1.54) is 13.8 Å². The van der Waals surface area contributed by atoms with Gasteiger partial charge in [0.25, 0.3) is 0 Å². The van der Waals surface area contributed by atoms with Gasteiger partial charge in [-0.15, -0.1) is 0 Å². The van der Waals surface area contributed by atoms with Crippen LogP contribution < -0.4 is 0 Å². The maximum atomic E-state index is 9.45. The van der Waals surface area contributed by atoms with Crippen LogP contribution in [0.3, 0.4) is 0 Å². The van der Waals surface area contributed by atoms with E-state index in [2.05, 4.69) is 0 Å². The summed E-state index contributed by atoms with van der Waals surface area (Å²) in [5, 5.41) is 54.2. The van der Waals surface area contributed by atoms with Crippen molar-refractivity contribution in [1.82, 2.24) is 0 Å². The Bertz CT molecular complexity index is 170. The second kappa shape index (κ2) is 31.2. The fraction of sp³-hybridized carbons (Fsp3) is 0.833. The smallest absolute Gasteiger partial charge is 0.332 e. The predicted molar refractivity (Wildman–Crippen MR) is 76.9 cm³/mol. The van der Waals surface area contributed by atoms with Gasteiger partial charge >= 0.3 is 11.9 Å². The molecular formula is C12H30O9. The minimum absolute atomic E-state index is 0.250. The summed E-state index contributed by atoms with van der Waals surface area (Å²) in [5.74, 6) is -2.37. The maximum absolute atomic E-state index is 9.45. The van der Waals surface area contributed by atoms with Crippen molar-refractivity contribution in [3.8, 4) is 0 Å². The Kier molecular flexibility index (Phi) is 47.5. The molecule has 0 radical (unpaired) electrons. The SMILES string of the molecule is CC(O)C(=O)O.CC(O)C(=O)O.CCO.CCO.CCO. The van der Waals surface area contributed by atoms with Crippen LogP contribution in [0.5, 0.6) is 0 Å². The van der Waals surface area contributed by atoms with E-state index >= 15 is 0 Å². The number of hydrogen-bond acceptors (Lipinski definition) is 7. The van der Waals surface area contributed by atoms with Crippen molar-refractivity contribution in [2.45, 2.75) is 46.8 Å². The van der Waals surface area contributed by atoms with Crippen molar-refractivity contribution < 1.29 is 45.3 Å². The number of aliphatic hydroxyl groups excluding tert-OH is 5. The molecule has 2 unspecified atom stereocenters. The highest BCUT2D eigenvalue weighted by atomic mass is 16.4. The number of carboxylic acid groups (broad SMARTS) is 2. The summed E-state index contributed by atoms with van der Waals surface area (Å²) in [7, 11) is 0. The quantitative estimate of drug-likeness (QED) is 0.333. The Labute approximate surface area is 125 Å². The van der Waals surface area contributed by atoms with Crippen molar-refractivity contribution in [3.05, 3.63) is 0 Å². The predicted octanol–water partition coefficient (Wildman–Crippen LogP) is -1.10. The summed E-state index contributed by atoms with van der Waals surface area (Å²) < 4.78 is 0. The fourth-order valence-electron chi connectivity index (χ4n) is 0. The van der Waals surface area contributed by atoms with Gasteiger partial charge < -0.3 is 35.7 Å². The second-order valence-electron chi connectivity index (χ2n) is 2.98. The maximum Gasteiger partial charge on any atom is 0.332 e. The molecule has 132 valence electrons. The van der Waals surface area contributed by atoms with E-state index in [1.54, 1.807) is 20.8 Å². The zero-order valence-corrected chi connectivity index (χ0v) is 13.2. The van der Waals surface area contributed by atoms with Gasteiger partial charge in [-0.05, 0) is 34.6 Å². The number of carboxylic acids is 2. The summed E-state index contributed by atoms with van der Waals surface area (Å²) >= 11 is 0. The molecule has 7 N–H and O–H groups in total. The molecule has 0 amide bonds. The molecule has 0 aliphatic rings. The summed E-state index contributed by atoms with van der Waals surface area (Å²) in [6.45, 7) is 8.19. The molecule has 2 atom stereocenters. The first kappa shape index (κ1) is 31.9. The Morgan fingerprint density at radius 3 is 0.762 bits per heavy atom. The van der Waals surface area contributed by atoms with Crippen LogP contribution in [0.25, 0.3) is 0 Å². The van der Waals surface area contributed by atoms with E-state index < -0.39 is 24.1 Å². The number of aliphatic carboxylic acids is 2. The Morgan fingerprint density at radius 1 is 0.714 bits per heavy atom. The molecule has 0 aromatic carbocycles. The van der Waals surface area contributed by atoms with E-state index in [0.717, 1.165) is 0 Å². The molecule has 0 aromatic rings.